The third-order valence-corrected chi connectivity index (χ3v) is 10.1. The number of unbranched alkanes of at least 4 members (excludes halogenated alkanes) is 18. The average molecular weight is 776 g/mol. The predicted octanol–water partition coefficient (Wildman–Crippen LogP) is 15.0. The molecule has 1 amide bonds. The number of carbonyl (C=O) groups is 1. The van der Waals surface area contributed by atoms with Crippen molar-refractivity contribution in [2.45, 2.75) is 219 Å². The van der Waals surface area contributed by atoms with E-state index >= 15 is 0 Å². The van der Waals surface area contributed by atoms with Crippen LogP contribution in [0.2, 0.25) is 0 Å². The lowest BCUT2D eigenvalue weighted by molar-refractivity contribution is -0.123. The van der Waals surface area contributed by atoms with Gasteiger partial charge >= 0.3 is 0 Å². The Balaban J connectivity index is 3.49. The van der Waals surface area contributed by atoms with Crippen LogP contribution in [0.5, 0.6) is 0 Å². The monoisotopic (exact) mass is 776 g/mol. The van der Waals surface area contributed by atoms with Crippen molar-refractivity contribution in [3.05, 3.63) is 97.2 Å². The second kappa shape index (κ2) is 46.7. The Labute approximate surface area is 347 Å². The molecule has 56 heavy (non-hydrogen) atoms. The van der Waals surface area contributed by atoms with E-state index in [1.165, 1.54) is 103 Å². The summed E-state index contributed by atoms with van der Waals surface area (Å²) < 4.78 is 0. The Morgan fingerprint density at radius 1 is 0.446 bits per heavy atom. The smallest absolute Gasteiger partial charge is 0.220 e. The Kier molecular flexibility index (Phi) is 44.4. The van der Waals surface area contributed by atoms with Crippen molar-refractivity contribution in [3.63, 3.8) is 0 Å². The van der Waals surface area contributed by atoms with Crippen LogP contribution in [0.4, 0.5) is 0 Å². The lowest BCUT2D eigenvalue weighted by Crippen LogP contribution is -2.45. The normalized spacial score (nSPS) is 13.9. The summed E-state index contributed by atoms with van der Waals surface area (Å²) in [7, 11) is 0. The third kappa shape index (κ3) is 42.5. The largest absolute Gasteiger partial charge is 0.394 e. The minimum Gasteiger partial charge on any atom is -0.394 e. The van der Waals surface area contributed by atoms with Crippen LogP contribution in [-0.4, -0.2) is 34.9 Å². The standard InChI is InChI=1S/C52H89NO3/c1-3-5-7-9-10-11-12-13-14-15-16-17-18-19-20-21-22-23-24-25-26-27-28-29-30-31-32-33-34-35-36-37-38-39-40-41-42-44-46-48-52(56)53-50(49-54)51(55)47-45-43-8-6-4-2/h5,7,10-11,13-14,16-17,19-20,22-23,25-26,28-29,50-51,54-55H,3-4,6,8-9,12,15,18,21,24,27,30-49H2,1-2H3,(H,53,56)/b7-5-,11-10-,14-13-,17-16-,20-19-,23-22-,26-25-,29-28-. The maximum absolute atomic E-state index is 12.3. The second-order valence-corrected chi connectivity index (χ2v) is 15.4. The van der Waals surface area contributed by atoms with E-state index in [1.54, 1.807) is 0 Å². The number of aliphatic hydroxyl groups is 2. The SMILES string of the molecule is CC/C=C\C/C=C\C/C=C\C/C=C\C/C=C\C/C=C\C/C=C\C/C=C\CCCCCCCCCCCCCCCCC(=O)NC(CO)C(O)CCCCCCC. The van der Waals surface area contributed by atoms with Crippen molar-refractivity contribution in [1.29, 1.82) is 0 Å². The van der Waals surface area contributed by atoms with Gasteiger partial charge in [0, 0.05) is 6.42 Å². The molecule has 0 aliphatic carbocycles. The van der Waals surface area contributed by atoms with Gasteiger partial charge in [0.15, 0.2) is 0 Å². The molecule has 0 aromatic rings. The third-order valence-electron chi connectivity index (χ3n) is 10.1. The Morgan fingerprint density at radius 3 is 1.18 bits per heavy atom. The van der Waals surface area contributed by atoms with Gasteiger partial charge in [-0.2, -0.15) is 0 Å². The van der Waals surface area contributed by atoms with Crippen LogP contribution in [0.3, 0.4) is 0 Å². The number of aliphatic hydroxyl groups excluding tert-OH is 2. The van der Waals surface area contributed by atoms with Crippen molar-refractivity contribution in [2.75, 3.05) is 6.61 Å². The number of rotatable bonds is 41. The summed E-state index contributed by atoms with van der Waals surface area (Å²) in [5, 5.41) is 22.8. The number of carbonyl (C=O) groups excluding carboxylic acids is 1. The molecule has 320 valence electrons. The molecule has 4 nitrogen and oxygen atoms in total. The van der Waals surface area contributed by atoms with Crippen LogP contribution < -0.4 is 5.32 Å². The maximum Gasteiger partial charge on any atom is 0.220 e. The van der Waals surface area contributed by atoms with Crippen molar-refractivity contribution < 1.29 is 15.0 Å². The van der Waals surface area contributed by atoms with E-state index in [9.17, 15) is 15.0 Å². The lowest BCUT2D eigenvalue weighted by atomic mass is 10.0. The van der Waals surface area contributed by atoms with E-state index in [0.29, 0.717) is 12.8 Å². The zero-order valence-corrected chi connectivity index (χ0v) is 36.6. The van der Waals surface area contributed by atoms with Crippen molar-refractivity contribution in [2.24, 2.45) is 0 Å². The van der Waals surface area contributed by atoms with Gasteiger partial charge in [0.2, 0.25) is 5.91 Å². The molecule has 0 spiro atoms. The van der Waals surface area contributed by atoms with Gasteiger partial charge in [-0.3, -0.25) is 4.79 Å². The van der Waals surface area contributed by atoms with Crippen LogP contribution in [-0.2, 0) is 4.79 Å². The van der Waals surface area contributed by atoms with Gasteiger partial charge < -0.3 is 15.5 Å². The van der Waals surface area contributed by atoms with Gasteiger partial charge in [-0.05, 0) is 77.0 Å². The number of amides is 1. The van der Waals surface area contributed by atoms with E-state index in [2.05, 4.69) is 116 Å². The molecular formula is C52H89NO3. The van der Waals surface area contributed by atoms with E-state index < -0.39 is 12.1 Å². The van der Waals surface area contributed by atoms with Crippen molar-refractivity contribution in [3.8, 4) is 0 Å². The first-order valence-electron chi connectivity index (χ1n) is 23.4. The van der Waals surface area contributed by atoms with E-state index in [-0.39, 0.29) is 12.5 Å². The molecule has 0 bridgehead atoms. The molecule has 0 rings (SSSR count). The zero-order valence-electron chi connectivity index (χ0n) is 36.6. The average Bonchev–Trinajstić information content (AvgIpc) is 3.20. The molecule has 0 aliphatic rings. The molecule has 0 heterocycles. The van der Waals surface area contributed by atoms with E-state index in [1.807, 2.05) is 0 Å². The molecule has 0 aromatic heterocycles. The molecule has 0 saturated heterocycles. The topological polar surface area (TPSA) is 69.6 Å². The molecule has 0 aromatic carbocycles. The summed E-state index contributed by atoms with van der Waals surface area (Å²) >= 11 is 0. The lowest BCUT2D eigenvalue weighted by Gasteiger charge is -2.22. The van der Waals surface area contributed by atoms with Crippen LogP contribution in [0.1, 0.15) is 206 Å². The summed E-state index contributed by atoms with van der Waals surface area (Å²) in [6.07, 6.45) is 69.7. The van der Waals surface area contributed by atoms with Crippen LogP contribution in [0, 0.1) is 0 Å². The van der Waals surface area contributed by atoms with Gasteiger partial charge in [-0.1, -0.05) is 220 Å². The predicted molar refractivity (Wildman–Crippen MR) is 248 cm³/mol. The molecule has 0 fully saturated rings. The number of hydrogen-bond donors (Lipinski definition) is 3. The van der Waals surface area contributed by atoms with Crippen LogP contribution in [0.15, 0.2) is 97.2 Å². The highest BCUT2D eigenvalue weighted by Crippen LogP contribution is 2.15. The summed E-state index contributed by atoms with van der Waals surface area (Å²) in [4.78, 5) is 12.3. The summed E-state index contributed by atoms with van der Waals surface area (Å²) in [5.74, 6) is -0.0433. The second-order valence-electron chi connectivity index (χ2n) is 15.4. The van der Waals surface area contributed by atoms with Crippen molar-refractivity contribution in [1.82, 2.24) is 5.32 Å². The number of hydrogen-bond acceptors (Lipinski definition) is 3. The fraction of sp³-hybridized carbons (Fsp3) is 0.673. The molecular weight excluding hydrogens is 687 g/mol. The van der Waals surface area contributed by atoms with E-state index in [0.717, 1.165) is 77.0 Å². The van der Waals surface area contributed by atoms with Gasteiger partial charge in [-0.15, -0.1) is 0 Å². The highest BCUT2D eigenvalue weighted by molar-refractivity contribution is 5.76. The fourth-order valence-electron chi connectivity index (χ4n) is 6.55. The molecule has 2 atom stereocenters. The fourth-order valence-corrected chi connectivity index (χ4v) is 6.55. The molecule has 2 unspecified atom stereocenters. The maximum atomic E-state index is 12.3. The van der Waals surface area contributed by atoms with Gasteiger partial charge in [-0.25, -0.2) is 0 Å². The van der Waals surface area contributed by atoms with Crippen LogP contribution >= 0.6 is 0 Å². The molecule has 0 aliphatic heterocycles. The van der Waals surface area contributed by atoms with E-state index in [4.69, 9.17) is 0 Å². The molecule has 3 N–H and O–H groups in total. The highest BCUT2D eigenvalue weighted by atomic mass is 16.3. The molecule has 0 saturated carbocycles. The molecule has 4 heteroatoms. The minimum absolute atomic E-state index is 0.0433. The number of allylic oxidation sites excluding steroid dienone is 16. The quantitative estimate of drug-likeness (QED) is 0.0428. The first-order valence-corrected chi connectivity index (χ1v) is 23.4. The Hall–Kier alpha value is -2.69. The minimum atomic E-state index is -0.659. The first-order chi connectivity index (χ1) is 27.7. The summed E-state index contributed by atoms with van der Waals surface area (Å²) in [6, 6.07) is -0.536. The van der Waals surface area contributed by atoms with Gasteiger partial charge in [0.25, 0.3) is 0 Å². The van der Waals surface area contributed by atoms with Gasteiger partial charge in [0.05, 0.1) is 18.8 Å². The summed E-state index contributed by atoms with van der Waals surface area (Å²) in [6.45, 7) is 4.15. The van der Waals surface area contributed by atoms with Gasteiger partial charge in [0.1, 0.15) is 0 Å². The molecule has 0 radical (unpaired) electrons. The Morgan fingerprint density at radius 2 is 0.786 bits per heavy atom. The highest BCUT2D eigenvalue weighted by Gasteiger charge is 2.19. The number of nitrogens with one attached hydrogen (secondary N) is 1. The first kappa shape index (κ1) is 53.3. The van der Waals surface area contributed by atoms with Crippen LogP contribution in [0.25, 0.3) is 0 Å². The summed E-state index contributed by atoms with van der Waals surface area (Å²) in [5.41, 5.74) is 0. The van der Waals surface area contributed by atoms with Crippen molar-refractivity contribution >= 4 is 5.91 Å². The Bertz CT molecular complexity index is 1060. The zero-order chi connectivity index (χ0) is 40.7.